The number of rotatable bonds is 3. The van der Waals surface area contributed by atoms with Crippen molar-refractivity contribution in [2.24, 2.45) is 0 Å². The van der Waals surface area contributed by atoms with Crippen molar-refractivity contribution < 1.29 is 9.72 Å². The molecule has 1 amide bonds. The minimum Gasteiger partial charge on any atom is -0.362 e. The Bertz CT molecular complexity index is 811. The summed E-state index contributed by atoms with van der Waals surface area (Å²) in [4.78, 5) is 27.4. The minimum absolute atomic E-state index is 0.0309. The fourth-order valence-corrected chi connectivity index (χ4v) is 3.19. The summed E-state index contributed by atoms with van der Waals surface area (Å²) in [6.07, 6.45) is 0. The SMILES string of the molecule is Cc1cccc(C(=O)N2CCN(c3ccccc3[N+](=O)[O-])CC2)c1C. The van der Waals surface area contributed by atoms with Gasteiger partial charge in [0.2, 0.25) is 0 Å². The van der Waals surface area contributed by atoms with Crippen LogP contribution in [-0.4, -0.2) is 41.9 Å². The zero-order valence-corrected chi connectivity index (χ0v) is 14.4. The molecule has 0 atom stereocenters. The van der Waals surface area contributed by atoms with Crippen molar-refractivity contribution in [2.45, 2.75) is 13.8 Å². The summed E-state index contributed by atoms with van der Waals surface area (Å²) in [5.41, 5.74) is 3.57. The molecule has 0 unspecified atom stereocenters. The Morgan fingerprint density at radius 1 is 1.00 bits per heavy atom. The van der Waals surface area contributed by atoms with Crippen LogP contribution in [0.1, 0.15) is 21.5 Å². The number of amides is 1. The number of nitro benzene ring substituents is 1. The molecular weight excluding hydrogens is 318 g/mol. The first-order valence-corrected chi connectivity index (χ1v) is 8.33. The van der Waals surface area contributed by atoms with E-state index in [1.165, 1.54) is 6.07 Å². The van der Waals surface area contributed by atoms with Crippen molar-refractivity contribution in [3.8, 4) is 0 Å². The zero-order valence-electron chi connectivity index (χ0n) is 14.4. The Morgan fingerprint density at radius 3 is 2.36 bits per heavy atom. The first kappa shape index (κ1) is 17.0. The van der Waals surface area contributed by atoms with Crippen LogP contribution in [0.2, 0.25) is 0 Å². The van der Waals surface area contributed by atoms with Crippen LogP contribution in [0, 0.1) is 24.0 Å². The van der Waals surface area contributed by atoms with Crippen LogP contribution in [0.4, 0.5) is 11.4 Å². The van der Waals surface area contributed by atoms with E-state index in [1.54, 1.807) is 18.2 Å². The van der Waals surface area contributed by atoms with Gasteiger partial charge in [-0.3, -0.25) is 14.9 Å². The molecule has 2 aromatic rings. The highest BCUT2D eigenvalue weighted by Crippen LogP contribution is 2.28. The Labute approximate surface area is 146 Å². The van der Waals surface area contributed by atoms with Gasteiger partial charge >= 0.3 is 0 Å². The van der Waals surface area contributed by atoms with Crippen molar-refractivity contribution in [1.29, 1.82) is 0 Å². The highest BCUT2D eigenvalue weighted by Gasteiger charge is 2.26. The van der Waals surface area contributed by atoms with Gasteiger partial charge in [-0.2, -0.15) is 0 Å². The number of benzene rings is 2. The van der Waals surface area contributed by atoms with E-state index in [-0.39, 0.29) is 16.5 Å². The number of hydrogen-bond donors (Lipinski definition) is 0. The van der Waals surface area contributed by atoms with Gasteiger partial charge in [-0.15, -0.1) is 0 Å². The Morgan fingerprint density at radius 2 is 1.68 bits per heavy atom. The number of hydrogen-bond acceptors (Lipinski definition) is 4. The minimum atomic E-state index is -0.358. The molecule has 6 nitrogen and oxygen atoms in total. The van der Waals surface area contributed by atoms with Crippen LogP contribution in [-0.2, 0) is 0 Å². The number of aryl methyl sites for hydroxylation is 1. The molecule has 1 saturated heterocycles. The van der Waals surface area contributed by atoms with E-state index in [4.69, 9.17) is 0 Å². The highest BCUT2D eigenvalue weighted by molar-refractivity contribution is 5.96. The van der Waals surface area contributed by atoms with Crippen molar-refractivity contribution in [2.75, 3.05) is 31.1 Å². The van der Waals surface area contributed by atoms with Crippen LogP contribution in [0.5, 0.6) is 0 Å². The van der Waals surface area contributed by atoms with Gasteiger partial charge in [-0.1, -0.05) is 24.3 Å². The molecular formula is C19H21N3O3. The average Bonchev–Trinajstić information content (AvgIpc) is 2.63. The summed E-state index contributed by atoms with van der Waals surface area (Å²) in [7, 11) is 0. The normalized spacial score (nSPS) is 14.5. The molecule has 0 bridgehead atoms. The number of carbonyl (C=O) groups is 1. The smallest absolute Gasteiger partial charge is 0.292 e. The third-order valence-corrected chi connectivity index (χ3v) is 4.82. The first-order chi connectivity index (χ1) is 12.0. The number of nitro groups is 1. The van der Waals surface area contributed by atoms with Crippen molar-refractivity contribution in [3.05, 3.63) is 69.3 Å². The van der Waals surface area contributed by atoms with Crippen LogP contribution in [0.15, 0.2) is 42.5 Å². The third-order valence-electron chi connectivity index (χ3n) is 4.82. The predicted molar refractivity (Wildman–Crippen MR) is 97.1 cm³/mol. The maximum absolute atomic E-state index is 12.8. The molecule has 3 rings (SSSR count). The number of nitrogens with zero attached hydrogens (tertiary/aromatic N) is 3. The van der Waals surface area contributed by atoms with Crippen LogP contribution < -0.4 is 4.90 Å². The van der Waals surface area contributed by atoms with Gasteiger partial charge in [0.15, 0.2) is 0 Å². The maximum Gasteiger partial charge on any atom is 0.292 e. The number of anilines is 1. The molecule has 0 aromatic heterocycles. The molecule has 1 heterocycles. The number of piperazine rings is 1. The second-order valence-electron chi connectivity index (χ2n) is 6.27. The standard InChI is InChI=1S/C19H21N3O3/c1-14-6-5-7-16(15(14)2)19(23)21-12-10-20(11-13-21)17-8-3-4-9-18(17)22(24)25/h3-9H,10-13H2,1-2H3. The summed E-state index contributed by atoms with van der Waals surface area (Å²) in [5, 5.41) is 11.2. The molecule has 1 aliphatic heterocycles. The molecule has 0 N–H and O–H groups in total. The molecule has 1 fully saturated rings. The van der Waals surface area contributed by atoms with E-state index in [0.717, 1.165) is 16.7 Å². The predicted octanol–water partition coefficient (Wildman–Crippen LogP) is 3.17. The summed E-state index contributed by atoms with van der Waals surface area (Å²) < 4.78 is 0. The molecule has 0 aliphatic carbocycles. The van der Waals surface area contributed by atoms with Crippen molar-refractivity contribution in [1.82, 2.24) is 4.90 Å². The fourth-order valence-electron chi connectivity index (χ4n) is 3.19. The lowest BCUT2D eigenvalue weighted by Gasteiger charge is -2.36. The third kappa shape index (κ3) is 3.33. The fraction of sp³-hybridized carbons (Fsp3) is 0.316. The first-order valence-electron chi connectivity index (χ1n) is 8.33. The van der Waals surface area contributed by atoms with E-state index < -0.39 is 0 Å². The van der Waals surface area contributed by atoms with E-state index in [0.29, 0.717) is 31.9 Å². The van der Waals surface area contributed by atoms with Gasteiger partial charge in [0.25, 0.3) is 11.6 Å². The molecule has 0 spiro atoms. The van der Waals surface area contributed by atoms with E-state index in [2.05, 4.69) is 0 Å². The van der Waals surface area contributed by atoms with E-state index >= 15 is 0 Å². The lowest BCUT2D eigenvalue weighted by atomic mass is 10.0. The molecule has 130 valence electrons. The average molecular weight is 339 g/mol. The second kappa shape index (κ2) is 6.93. The lowest BCUT2D eigenvalue weighted by molar-refractivity contribution is -0.384. The van der Waals surface area contributed by atoms with E-state index in [9.17, 15) is 14.9 Å². The van der Waals surface area contributed by atoms with E-state index in [1.807, 2.05) is 41.8 Å². The van der Waals surface area contributed by atoms with Gasteiger partial charge in [0, 0.05) is 37.8 Å². The lowest BCUT2D eigenvalue weighted by Crippen LogP contribution is -2.49. The summed E-state index contributed by atoms with van der Waals surface area (Å²) in [6, 6.07) is 12.5. The Kier molecular flexibility index (Phi) is 4.70. The molecule has 25 heavy (non-hydrogen) atoms. The number of carbonyl (C=O) groups excluding carboxylic acids is 1. The van der Waals surface area contributed by atoms with Gasteiger partial charge in [0.05, 0.1) is 4.92 Å². The van der Waals surface area contributed by atoms with Crippen molar-refractivity contribution >= 4 is 17.3 Å². The van der Waals surface area contributed by atoms with Crippen LogP contribution >= 0.6 is 0 Å². The van der Waals surface area contributed by atoms with Gasteiger partial charge in [0.1, 0.15) is 5.69 Å². The van der Waals surface area contributed by atoms with Gasteiger partial charge in [-0.05, 0) is 37.1 Å². The quantitative estimate of drug-likeness (QED) is 0.636. The largest absolute Gasteiger partial charge is 0.362 e. The summed E-state index contributed by atoms with van der Waals surface area (Å²) >= 11 is 0. The molecule has 1 aliphatic rings. The second-order valence-corrected chi connectivity index (χ2v) is 6.27. The van der Waals surface area contributed by atoms with Gasteiger partial charge in [-0.25, -0.2) is 0 Å². The molecule has 0 radical (unpaired) electrons. The highest BCUT2D eigenvalue weighted by atomic mass is 16.6. The molecule has 2 aromatic carbocycles. The molecule has 0 saturated carbocycles. The Balaban J connectivity index is 1.73. The number of para-hydroxylation sites is 2. The maximum atomic E-state index is 12.8. The summed E-state index contributed by atoms with van der Waals surface area (Å²) in [5.74, 6) is 0.0309. The van der Waals surface area contributed by atoms with Gasteiger partial charge < -0.3 is 9.80 Å². The Hall–Kier alpha value is -2.89. The van der Waals surface area contributed by atoms with Crippen LogP contribution in [0.25, 0.3) is 0 Å². The molecule has 6 heteroatoms. The summed E-state index contributed by atoms with van der Waals surface area (Å²) in [6.45, 7) is 6.24. The van der Waals surface area contributed by atoms with Crippen LogP contribution in [0.3, 0.4) is 0 Å². The topological polar surface area (TPSA) is 66.7 Å². The zero-order chi connectivity index (χ0) is 18.0. The monoisotopic (exact) mass is 339 g/mol. The van der Waals surface area contributed by atoms with Crippen molar-refractivity contribution in [3.63, 3.8) is 0 Å².